The van der Waals surface area contributed by atoms with Gasteiger partial charge in [0.25, 0.3) is 5.91 Å². The number of nitrogens with one attached hydrogen (secondary N) is 3. The van der Waals surface area contributed by atoms with E-state index in [1.807, 2.05) is 6.07 Å². The van der Waals surface area contributed by atoms with Gasteiger partial charge < -0.3 is 16.0 Å². The lowest BCUT2D eigenvalue weighted by Gasteiger charge is -2.38. The van der Waals surface area contributed by atoms with Gasteiger partial charge in [-0.2, -0.15) is 0 Å². The van der Waals surface area contributed by atoms with Crippen LogP contribution in [0.3, 0.4) is 0 Å². The lowest BCUT2D eigenvalue weighted by Crippen LogP contribution is -2.39. The van der Waals surface area contributed by atoms with Crippen LogP contribution in [0.25, 0.3) is 0 Å². The number of amides is 3. The van der Waals surface area contributed by atoms with Gasteiger partial charge in [0.1, 0.15) is 0 Å². The normalized spacial score (nSPS) is 27.5. The summed E-state index contributed by atoms with van der Waals surface area (Å²) in [6, 6.07) is 5.54. The van der Waals surface area contributed by atoms with E-state index in [2.05, 4.69) is 78.3 Å². The van der Waals surface area contributed by atoms with E-state index in [1.54, 1.807) is 12.1 Å². The lowest BCUT2D eigenvalue weighted by atomic mass is 9.67. The topological polar surface area (TPSA) is 87.3 Å². The smallest absolute Gasteiger partial charge is 0.251 e. The molecule has 0 heterocycles. The zero-order valence-electron chi connectivity index (χ0n) is 31.3. The molecule has 1 aromatic carbocycles. The summed E-state index contributed by atoms with van der Waals surface area (Å²) in [7, 11) is 0. The Kier molecular flexibility index (Phi) is 12.3. The first-order valence-corrected chi connectivity index (χ1v) is 19.1. The first-order chi connectivity index (χ1) is 22.0. The Morgan fingerprint density at radius 2 is 0.957 bits per heavy atom. The molecule has 0 aliphatic heterocycles. The quantitative estimate of drug-likeness (QED) is 0.236. The van der Waals surface area contributed by atoms with Crippen molar-refractivity contribution < 1.29 is 14.4 Å². The maximum Gasteiger partial charge on any atom is 0.251 e. The lowest BCUT2D eigenvalue weighted by molar-refractivity contribution is -0.122. The second-order valence-electron chi connectivity index (χ2n) is 17.9. The number of carbonyl (C=O) groups is 3. The molecule has 0 unspecified atom stereocenters. The summed E-state index contributed by atoms with van der Waals surface area (Å²) in [6.45, 7) is 20.8. The van der Waals surface area contributed by atoms with Crippen LogP contribution >= 0.6 is 0 Å². The Morgan fingerprint density at radius 3 is 1.32 bits per heavy atom. The van der Waals surface area contributed by atoms with Crippen molar-refractivity contribution >= 4 is 29.1 Å². The molecule has 3 aliphatic rings. The van der Waals surface area contributed by atoms with Crippen molar-refractivity contribution in [2.45, 2.75) is 158 Å². The molecule has 0 saturated heterocycles. The molecule has 3 amide bonds. The number of rotatable bonds is 10. The van der Waals surface area contributed by atoms with Crippen LogP contribution in [0.1, 0.15) is 163 Å². The van der Waals surface area contributed by atoms with E-state index in [4.69, 9.17) is 0 Å². The number of hydrogen-bond donors (Lipinski definition) is 3. The third-order valence-electron chi connectivity index (χ3n) is 13.2. The Bertz CT molecular complexity index is 1150. The van der Waals surface area contributed by atoms with Gasteiger partial charge in [0.2, 0.25) is 11.8 Å². The van der Waals surface area contributed by atoms with Crippen LogP contribution < -0.4 is 16.0 Å². The Labute approximate surface area is 286 Å². The molecule has 0 bridgehead atoms. The summed E-state index contributed by atoms with van der Waals surface area (Å²) >= 11 is 0. The Morgan fingerprint density at radius 1 is 0.574 bits per heavy atom. The van der Waals surface area contributed by atoms with E-state index in [-0.39, 0.29) is 41.0 Å². The van der Waals surface area contributed by atoms with E-state index in [0.717, 1.165) is 89.9 Å². The fraction of sp³-hybridized carbons (Fsp3) is 0.780. The average molecular weight is 650 g/mol. The summed E-state index contributed by atoms with van der Waals surface area (Å²) in [5.74, 6) is 1.79. The molecule has 0 spiro atoms. The summed E-state index contributed by atoms with van der Waals surface area (Å²) in [5, 5.41) is 9.58. The second-order valence-corrected chi connectivity index (χ2v) is 17.9. The van der Waals surface area contributed by atoms with Crippen LogP contribution in [-0.4, -0.2) is 23.8 Å². The van der Waals surface area contributed by atoms with Gasteiger partial charge in [-0.15, -0.1) is 0 Å². The van der Waals surface area contributed by atoms with Crippen molar-refractivity contribution in [3.05, 3.63) is 23.8 Å². The molecule has 4 rings (SSSR count). The van der Waals surface area contributed by atoms with E-state index in [0.29, 0.717) is 45.5 Å². The van der Waals surface area contributed by atoms with Crippen molar-refractivity contribution in [3.8, 4) is 0 Å². The highest BCUT2D eigenvalue weighted by atomic mass is 16.2. The molecule has 6 nitrogen and oxygen atoms in total. The van der Waals surface area contributed by atoms with Crippen LogP contribution in [0.4, 0.5) is 11.4 Å². The molecule has 264 valence electrons. The van der Waals surface area contributed by atoms with Crippen LogP contribution in [0, 0.1) is 45.8 Å². The van der Waals surface area contributed by atoms with Crippen LogP contribution in [0.2, 0.25) is 0 Å². The van der Waals surface area contributed by atoms with Gasteiger partial charge in [-0.05, 0) is 129 Å². The van der Waals surface area contributed by atoms with Gasteiger partial charge in [-0.25, -0.2) is 0 Å². The molecule has 0 aromatic heterocycles. The third-order valence-corrected chi connectivity index (χ3v) is 13.2. The summed E-state index contributed by atoms with van der Waals surface area (Å²) in [4.78, 5) is 40.7. The maximum atomic E-state index is 13.7. The zero-order valence-corrected chi connectivity index (χ0v) is 31.3. The molecule has 3 N–H and O–H groups in total. The molecule has 0 atom stereocenters. The predicted molar refractivity (Wildman–Crippen MR) is 195 cm³/mol. The largest absolute Gasteiger partial charge is 0.349 e. The molecular formula is C41H67N3O3. The summed E-state index contributed by atoms with van der Waals surface area (Å²) < 4.78 is 0. The van der Waals surface area contributed by atoms with Crippen molar-refractivity contribution in [1.29, 1.82) is 0 Å². The first-order valence-electron chi connectivity index (χ1n) is 19.1. The van der Waals surface area contributed by atoms with Gasteiger partial charge in [-0.1, -0.05) is 75.2 Å². The van der Waals surface area contributed by atoms with Crippen molar-refractivity contribution in [2.24, 2.45) is 45.8 Å². The number of anilines is 2. The minimum atomic E-state index is -0.139. The van der Waals surface area contributed by atoms with Crippen LogP contribution in [0.15, 0.2) is 18.2 Å². The highest BCUT2D eigenvalue weighted by Crippen LogP contribution is 2.44. The summed E-state index contributed by atoms with van der Waals surface area (Å²) in [6.07, 6.45) is 14.3. The van der Waals surface area contributed by atoms with Gasteiger partial charge >= 0.3 is 0 Å². The van der Waals surface area contributed by atoms with Crippen molar-refractivity contribution in [1.82, 2.24) is 5.32 Å². The average Bonchev–Trinajstić information content (AvgIpc) is 3.04. The maximum absolute atomic E-state index is 13.7. The predicted octanol–water partition coefficient (Wildman–Crippen LogP) is 10.4. The van der Waals surface area contributed by atoms with Crippen LogP contribution in [0.5, 0.6) is 0 Å². The molecule has 6 heteroatoms. The fourth-order valence-electron chi connectivity index (χ4n) is 8.62. The van der Waals surface area contributed by atoms with E-state index in [9.17, 15) is 14.4 Å². The van der Waals surface area contributed by atoms with Crippen molar-refractivity contribution in [2.75, 3.05) is 10.6 Å². The highest BCUT2D eigenvalue weighted by Gasteiger charge is 2.36. The second kappa shape index (κ2) is 15.5. The van der Waals surface area contributed by atoms with Gasteiger partial charge in [-0.3, -0.25) is 14.4 Å². The van der Waals surface area contributed by atoms with E-state index < -0.39 is 0 Å². The molecular weight excluding hydrogens is 582 g/mol. The van der Waals surface area contributed by atoms with Crippen LogP contribution in [-0.2, 0) is 9.59 Å². The Balaban J connectivity index is 1.45. The molecule has 3 aliphatic carbocycles. The third kappa shape index (κ3) is 9.85. The fourth-order valence-corrected chi connectivity index (χ4v) is 8.62. The van der Waals surface area contributed by atoms with Crippen molar-refractivity contribution in [3.63, 3.8) is 0 Å². The first kappa shape index (κ1) is 37.4. The highest BCUT2D eigenvalue weighted by molar-refractivity contribution is 6.01. The molecule has 3 fully saturated rings. The number of benzene rings is 1. The standard InChI is InChI=1S/C41H67N3O3/c1-10-40(6,7)31-16-12-27(13-17-31)36(45)43-34-24-29(38(47)42-33-22-20-30(21-23-33)39(3,4)5)25-35(26-34)44-37(46)28-14-18-32(19-15-28)41(8,9)11-2/h24-28,30-33H,10-23H2,1-9H3,(H,42,47)(H,43,45)(H,44,46)/t27?,28?,30-,31?,32?,33+. The minimum Gasteiger partial charge on any atom is -0.349 e. The van der Waals surface area contributed by atoms with Gasteiger partial charge in [0.05, 0.1) is 0 Å². The van der Waals surface area contributed by atoms with E-state index in [1.165, 1.54) is 0 Å². The molecule has 3 saturated carbocycles. The molecule has 47 heavy (non-hydrogen) atoms. The van der Waals surface area contributed by atoms with Gasteiger partial charge in [0.15, 0.2) is 0 Å². The van der Waals surface area contributed by atoms with E-state index >= 15 is 0 Å². The zero-order chi connectivity index (χ0) is 34.6. The number of hydrogen-bond acceptors (Lipinski definition) is 3. The SMILES string of the molecule is CCC(C)(C)C1CCC(C(=O)Nc2cc(NC(=O)C3CCC(C(C)(C)CC)CC3)cc(C(=O)N[C@H]3CC[C@@H](C(C)(C)C)CC3)c2)CC1. The minimum absolute atomic E-state index is 0.0185. The van der Waals surface area contributed by atoms with Gasteiger partial charge in [0, 0.05) is 34.8 Å². The monoisotopic (exact) mass is 650 g/mol. The molecule has 0 radical (unpaired) electrons. The Hall–Kier alpha value is -2.37. The summed E-state index contributed by atoms with van der Waals surface area (Å²) in [5.41, 5.74) is 2.53. The number of carbonyl (C=O) groups excluding carboxylic acids is 3. The molecule has 1 aromatic rings.